The van der Waals surface area contributed by atoms with Gasteiger partial charge in [-0.05, 0) is 46.5 Å². The van der Waals surface area contributed by atoms with Gasteiger partial charge in [0.15, 0.2) is 0 Å². The highest BCUT2D eigenvalue weighted by atomic mass is 28.3. The van der Waals surface area contributed by atoms with Gasteiger partial charge in [-0.25, -0.2) is 0 Å². The van der Waals surface area contributed by atoms with Gasteiger partial charge in [0, 0.05) is 29.6 Å². The largest absolute Gasteiger partial charge is 0.471 e. The van der Waals surface area contributed by atoms with Crippen LogP contribution in [0.15, 0.2) is 60.8 Å². The van der Waals surface area contributed by atoms with Gasteiger partial charge in [0.2, 0.25) is 5.91 Å². The summed E-state index contributed by atoms with van der Waals surface area (Å²) in [4.78, 5) is 30.5. The molecule has 1 aromatic heterocycles. The number of para-hydroxylation sites is 1. The van der Waals surface area contributed by atoms with Crippen molar-refractivity contribution in [1.82, 2.24) is 9.88 Å². The third-order valence-electron chi connectivity index (χ3n) is 8.40. The van der Waals surface area contributed by atoms with Crippen molar-refractivity contribution in [2.75, 3.05) is 11.9 Å². The fourth-order valence-electron chi connectivity index (χ4n) is 6.33. The molecule has 9 heteroatoms. The van der Waals surface area contributed by atoms with Crippen LogP contribution in [0.3, 0.4) is 0 Å². The molecule has 3 aromatic rings. The lowest BCUT2D eigenvalue weighted by Crippen LogP contribution is -2.64. The molecule has 1 aliphatic heterocycles. The van der Waals surface area contributed by atoms with Crippen LogP contribution in [0.4, 0.5) is 18.9 Å². The van der Waals surface area contributed by atoms with Gasteiger partial charge in [0.05, 0.1) is 11.2 Å². The van der Waals surface area contributed by atoms with Gasteiger partial charge in [-0.3, -0.25) is 14.6 Å². The Balaban J connectivity index is 1.62. The van der Waals surface area contributed by atoms with Crippen LogP contribution < -0.4 is 5.32 Å². The van der Waals surface area contributed by atoms with Crippen LogP contribution in [0, 0.1) is 11.5 Å². The Hall–Kier alpha value is -3.64. The number of amides is 2. The Morgan fingerprint density at radius 2 is 1.56 bits per heavy atom. The van der Waals surface area contributed by atoms with Gasteiger partial charge < -0.3 is 10.2 Å². The van der Waals surface area contributed by atoms with Gasteiger partial charge in [0.25, 0.3) is 0 Å². The van der Waals surface area contributed by atoms with Crippen LogP contribution in [0.25, 0.3) is 10.9 Å². The Labute approximate surface area is 240 Å². The van der Waals surface area contributed by atoms with Crippen molar-refractivity contribution in [2.45, 2.75) is 76.3 Å². The number of anilines is 1. The van der Waals surface area contributed by atoms with E-state index >= 15 is 0 Å². The minimum absolute atomic E-state index is 0.209. The number of pyridine rings is 1. The van der Waals surface area contributed by atoms with Crippen molar-refractivity contribution in [3.05, 3.63) is 71.9 Å². The molecular weight excluding hydrogens is 543 g/mol. The quantitative estimate of drug-likeness (QED) is 0.246. The van der Waals surface area contributed by atoms with Crippen molar-refractivity contribution in [3.8, 4) is 11.5 Å². The summed E-state index contributed by atoms with van der Waals surface area (Å²) in [5.41, 5.74) is 7.51. The summed E-state index contributed by atoms with van der Waals surface area (Å²) in [6.07, 6.45) is -3.51. The SMILES string of the molecule is CC(C)[Si](C#Cc1ccc([C@H]2CN(C(=O)C(F)(F)F)[C@H]2C(=O)Nc2cccc3cccnc23)cc1)(C(C)C)C(C)C. The predicted octanol–water partition coefficient (Wildman–Crippen LogP) is 7.30. The first-order valence-corrected chi connectivity index (χ1v) is 16.2. The summed E-state index contributed by atoms with van der Waals surface area (Å²) < 4.78 is 40.1. The second-order valence-electron chi connectivity index (χ2n) is 11.6. The number of alkyl halides is 3. The highest BCUT2D eigenvalue weighted by molar-refractivity contribution is 6.90. The van der Waals surface area contributed by atoms with Crippen molar-refractivity contribution in [1.29, 1.82) is 0 Å². The lowest BCUT2D eigenvalue weighted by Gasteiger charge is -2.47. The zero-order valence-corrected chi connectivity index (χ0v) is 25.2. The first-order valence-electron chi connectivity index (χ1n) is 13.9. The Kier molecular flexibility index (Phi) is 8.64. The van der Waals surface area contributed by atoms with E-state index in [1.165, 1.54) is 0 Å². The molecule has 4 rings (SSSR count). The molecule has 1 N–H and O–H groups in total. The van der Waals surface area contributed by atoms with E-state index in [2.05, 4.69) is 63.3 Å². The Morgan fingerprint density at radius 3 is 2.15 bits per heavy atom. The normalized spacial score (nSPS) is 17.4. The van der Waals surface area contributed by atoms with Gasteiger partial charge in [-0.15, -0.1) is 5.54 Å². The lowest BCUT2D eigenvalue weighted by atomic mass is 9.81. The molecule has 41 heavy (non-hydrogen) atoms. The number of rotatable bonds is 6. The third-order valence-corrected chi connectivity index (χ3v) is 14.7. The van der Waals surface area contributed by atoms with E-state index < -0.39 is 38.0 Å². The van der Waals surface area contributed by atoms with E-state index in [1.807, 2.05) is 24.3 Å². The highest BCUT2D eigenvalue weighted by Gasteiger charge is 2.54. The monoisotopic (exact) mass is 579 g/mol. The average molecular weight is 580 g/mol. The molecule has 2 aromatic carbocycles. The molecule has 5 nitrogen and oxygen atoms in total. The van der Waals surface area contributed by atoms with Gasteiger partial charge in [-0.1, -0.05) is 77.8 Å². The maximum absolute atomic E-state index is 13.4. The highest BCUT2D eigenvalue weighted by Crippen LogP contribution is 2.41. The number of hydrogen-bond acceptors (Lipinski definition) is 3. The molecule has 2 atom stereocenters. The number of nitrogens with one attached hydrogen (secondary N) is 1. The molecule has 0 unspecified atom stereocenters. The molecule has 2 heterocycles. The molecule has 0 saturated carbocycles. The zero-order chi connectivity index (χ0) is 30.1. The number of carbonyl (C=O) groups excluding carboxylic acids is 2. The number of nitrogens with zero attached hydrogens (tertiary/aromatic N) is 2. The number of aromatic nitrogens is 1. The molecule has 0 spiro atoms. The van der Waals surface area contributed by atoms with E-state index in [0.29, 0.717) is 38.3 Å². The Morgan fingerprint density at radius 1 is 0.951 bits per heavy atom. The summed E-state index contributed by atoms with van der Waals surface area (Å²) in [6, 6.07) is 14.7. The summed E-state index contributed by atoms with van der Waals surface area (Å²) in [5.74, 6) is 0.0634. The number of benzene rings is 2. The van der Waals surface area contributed by atoms with Gasteiger partial charge in [0.1, 0.15) is 14.1 Å². The fourth-order valence-corrected chi connectivity index (χ4v) is 11.6. The van der Waals surface area contributed by atoms with Crippen LogP contribution in [0.2, 0.25) is 16.6 Å². The molecular formula is C32H36F3N3O2Si. The topological polar surface area (TPSA) is 62.3 Å². The standard InChI is InChI=1S/C32H36F3N3O2Si/c1-20(2)41(21(3)4,22(5)6)18-16-23-12-14-24(15-13-23)26-19-38(31(40)32(33,34)35)29(26)30(39)37-27-11-7-9-25-10-8-17-36-28(25)27/h7-15,17,20-22,26,29H,19H2,1-6H3,(H,37,39)/t26-,29-/m1/s1. The van der Waals surface area contributed by atoms with Gasteiger partial charge in [-0.2, -0.15) is 13.2 Å². The van der Waals surface area contributed by atoms with Crippen molar-refractivity contribution in [2.24, 2.45) is 0 Å². The second-order valence-corrected chi connectivity index (χ2v) is 17.2. The number of carbonyl (C=O) groups is 2. The van der Waals surface area contributed by atoms with Crippen molar-refractivity contribution < 1.29 is 22.8 Å². The molecule has 2 amide bonds. The predicted molar refractivity (Wildman–Crippen MR) is 159 cm³/mol. The minimum Gasteiger partial charge on any atom is -0.322 e. The maximum atomic E-state index is 13.4. The molecule has 1 saturated heterocycles. The minimum atomic E-state index is -5.08. The fraction of sp³-hybridized carbons (Fsp3) is 0.406. The lowest BCUT2D eigenvalue weighted by molar-refractivity contribution is -0.194. The number of halogens is 3. The van der Waals surface area contributed by atoms with Crippen LogP contribution >= 0.6 is 0 Å². The van der Waals surface area contributed by atoms with Gasteiger partial charge >= 0.3 is 12.1 Å². The number of likely N-dealkylation sites (tertiary alicyclic amines) is 1. The van der Waals surface area contributed by atoms with Crippen LogP contribution in [-0.4, -0.2) is 48.5 Å². The summed E-state index contributed by atoms with van der Waals surface area (Å²) in [5, 5.41) is 3.50. The molecule has 0 aliphatic carbocycles. The summed E-state index contributed by atoms with van der Waals surface area (Å²) >= 11 is 0. The van der Waals surface area contributed by atoms with E-state index in [9.17, 15) is 22.8 Å². The molecule has 216 valence electrons. The molecule has 0 bridgehead atoms. The molecule has 1 aliphatic rings. The van der Waals surface area contributed by atoms with E-state index in [1.54, 1.807) is 36.5 Å². The smallest absolute Gasteiger partial charge is 0.322 e. The van der Waals surface area contributed by atoms with E-state index in [4.69, 9.17) is 0 Å². The molecule has 1 fully saturated rings. The van der Waals surface area contributed by atoms with Crippen molar-refractivity contribution >= 4 is 36.5 Å². The van der Waals surface area contributed by atoms with E-state index in [-0.39, 0.29) is 6.54 Å². The third kappa shape index (κ3) is 5.89. The number of hydrogen-bond donors (Lipinski definition) is 1. The first kappa shape index (κ1) is 30.3. The Bertz CT molecular complexity index is 1460. The zero-order valence-electron chi connectivity index (χ0n) is 24.2. The average Bonchev–Trinajstić information content (AvgIpc) is 2.88. The summed E-state index contributed by atoms with van der Waals surface area (Å²) in [6.45, 7) is 13.3. The maximum Gasteiger partial charge on any atom is 0.471 e. The van der Waals surface area contributed by atoms with E-state index in [0.717, 1.165) is 10.9 Å². The summed E-state index contributed by atoms with van der Waals surface area (Å²) in [7, 11) is -1.93. The molecule has 0 radical (unpaired) electrons. The number of fused-ring (bicyclic) bond motifs is 1. The van der Waals surface area contributed by atoms with Crippen LogP contribution in [0.5, 0.6) is 0 Å². The van der Waals surface area contributed by atoms with Crippen LogP contribution in [0.1, 0.15) is 58.6 Å². The first-order chi connectivity index (χ1) is 19.3. The van der Waals surface area contributed by atoms with Crippen molar-refractivity contribution in [3.63, 3.8) is 0 Å². The van der Waals surface area contributed by atoms with Crippen LogP contribution in [-0.2, 0) is 9.59 Å². The second kappa shape index (κ2) is 11.7.